The summed E-state index contributed by atoms with van der Waals surface area (Å²) in [6.45, 7) is 0. The van der Waals surface area contributed by atoms with Gasteiger partial charge in [-0.2, -0.15) is 0 Å². The van der Waals surface area contributed by atoms with Crippen molar-refractivity contribution in [2.75, 3.05) is 7.11 Å². The number of ether oxygens (including phenoxy) is 1. The lowest BCUT2D eigenvalue weighted by atomic mass is 10.2. The van der Waals surface area contributed by atoms with Gasteiger partial charge in [-0.25, -0.2) is 13.8 Å². The second-order valence-electron chi connectivity index (χ2n) is 2.45. The lowest BCUT2D eigenvalue weighted by molar-refractivity contribution is 0.146. The molecule has 1 heterocycles. The van der Waals surface area contributed by atoms with Gasteiger partial charge in [0.05, 0.1) is 23.4 Å². The van der Waals surface area contributed by atoms with Crippen LogP contribution in [0.5, 0.6) is 5.88 Å². The molecule has 0 saturated carbocycles. The van der Waals surface area contributed by atoms with Crippen LogP contribution in [0.3, 0.4) is 0 Å². The monoisotopic (exact) mass is 285 g/mol. The maximum absolute atomic E-state index is 12.4. The zero-order chi connectivity index (χ0) is 10.7. The summed E-state index contributed by atoms with van der Waals surface area (Å²) in [5, 5.41) is 0.601. The smallest absolute Gasteiger partial charge is 0.269 e. The number of alkyl halides is 3. The van der Waals surface area contributed by atoms with E-state index in [0.29, 0.717) is 11.0 Å². The molecule has 14 heavy (non-hydrogen) atoms. The van der Waals surface area contributed by atoms with E-state index in [1.807, 2.05) is 0 Å². The molecule has 0 spiro atoms. The summed E-state index contributed by atoms with van der Waals surface area (Å²) in [4.78, 5) is 3.85. The van der Waals surface area contributed by atoms with Gasteiger partial charge in [-0.1, -0.05) is 27.5 Å². The van der Waals surface area contributed by atoms with Gasteiger partial charge >= 0.3 is 0 Å². The van der Waals surface area contributed by atoms with Crippen LogP contribution in [-0.4, -0.2) is 12.1 Å². The lowest BCUT2D eigenvalue weighted by Gasteiger charge is -2.09. The molecule has 0 bridgehead atoms. The molecule has 0 amide bonds. The van der Waals surface area contributed by atoms with Crippen LogP contribution in [0.2, 0.25) is 5.02 Å². The molecule has 0 aliphatic rings. The zero-order valence-electron chi connectivity index (χ0n) is 7.23. The molecular formula is C8H7BrClF2NO. The van der Waals surface area contributed by atoms with E-state index in [-0.39, 0.29) is 16.5 Å². The Balaban J connectivity index is 3.24. The minimum Gasteiger partial charge on any atom is -0.481 e. The standard InChI is InChI=1S/C8H7BrClF2NO/c1-14-8-4(7(11)12)2-5(10)6(3-9)13-8/h2,7H,3H2,1H3. The molecule has 1 aromatic rings. The molecule has 0 unspecified atom stereocenters. The van der Waals surface area contributed by atoms with Gasteiger partial charge in [-0.15, -0.1) is 0 Å². The fourth-order valence-corrected chi connectivity index (χ4v) is 1.75. The minimum atomic E-state index is -2.64. The number of nitrogens with zero attached hydrogens (tertiary/aromatic N) is 1. The first-order chi connectivity index (χ1) is 6.60. The predicted octanol–water partition coefficient (Wildman–Crippen LogP) is 3.58. The summed E-state index contributed by atoms with van der Waals surface area (Å²) in [6, 6.07) is 1.18. The Kier molecular flexibility index (Phi) is 4.07. The Morgan fingerprint density at radius 2 is 2.29 bits per heavy atom. The third kappa shape index (κ3) is 2.33. The fourth-order valence-electron chi connectivity index (χ4n) is 0.936. The highest BCUT2D eigenvalue weighted by Crippen LogP contribution is 2.31. The van der Waals surface area contributed by atoms with Gasteiger partial charge in [-0.05, 0) is 6.07 Å². The normalized spacial score (nSPS) is 10.7. The summed E-state index contributed by atoms with van der Waals surface area (Å²) in [6.07, 6.45) is -2.64. The number of pyridine rings is 1. The average Bonchev–Trinajstić information content (AvgIpc) is 2.17. The van der Waals surface area contributed by atoms with Crippen molar-refractivity contribution < 1.29 is 13.5 Å². The van der Waals surface area contributed by atoms with Crippen molar-refractivity contribution in [2.24, 2.45) is 0 Å². The van der Waals surface area contributed by atoms with Crippen molar-refractivity contribution in [3.63, 3.8) is 0 Å². The highest BCUT2D eigenvalue weighted by Gasteiger charge is 2.17. The van der Waals surface area contributed by atoms with Gasteiger partial charge in [-0.3, -0.25) is 0 Å². The summed E-state index contributed by atoms with van der Waals surface area (Å²) in [5.41, 5.74) is 0.190. The van der Waals surface area contributed by atoms with E-state index in [9.17, 15) is 8.78 Å². The second kappa shape index (κ2) is 4.89. The van der Waals surface area contributed by atoms with E-state index in [0.717, 1.165) is 0 Å². The number of rotatable bonds is 3. The van der Waals surface area contributed by atoms with E-state index < -0.39 is 6.43 Å². The van der Waals surface area contributed by atoms with Crippen molar-refractivity contribution in [2.45, 2.75) is 11.8 Å². The van der Waals surface area contributed by atoms with Gasteiger partial charge in [0.25, 0.3) is 6.43 Å². The molecule has 0 radical (unpaired) electrons. The summed E-state index contributed by atoms with van der Waals surface area (Å²) < 4.78 is 29.6. The molecule has 78 valence electrons. The first kappa shape index (κ1) is 11.7. The van der Waals surface area contributed by atoms with Crippen molar-refractivity contribution in [1.82, 2.24) is 4.98 Å². The molecule has 0 atom stereocenters. The summed E-state index contributed by atoms with van der Waals surface area (Å²) >= 11 is 8.86. The van der Waals surface area contributed by atoms with Gasteiger partial charge in [0.1, 0.15) is 0 Å². The summed E-state index contributed by atoms with van der Waals surface area (Å²) in [7, 11) is 1.29. The van der Waals surface area contributed by atoms with Crippen LogP contribution in [0, 0.1) is 0 Å². The summed E-state index contributed by atoms with van der Waals surface area (Å²) in [5.74, 6) is -0.0844. The first-order valence-electron chi connectivity index (χ1n) is 3.67. The van der Waals surface area contributed by atoms with Crippen molar-refractivity contribution in [1.29, 1.82) is 0 Å². The number of hydrogen-bond acceptors (Lipinski definition) is 2. The van der Waals surface area contributed by atoms with Gasteiger partial charge in [0.2, 0.25) is 5.88 Å². The largest absolute Gasteiger partial charge is 0.481 e. The number of halogens is 4. The molecule has 2 nitrogen and oxygen atoms in total. The van der Waals surface area contributed by atoms with E-state index in [1.165, 1.54) is 13.2 Å². The number of aromatic nitrogens is 1. The van der Waals surface area contributed by atoms with E-state index in [4.69, 9.17) is 16.3 Å². The van der Waals surface area contributed by atoms with Crippen LogP contribution in [0.1, 0.15) is 17.7 Å². The fraction of sp³-hybridized carbons (Fsp3) is 0.375. The van der Waals surface area contributed by atoms with Crippen LogP contribution in [0.15, 0.2) is 6.07 Å². The van der Waals surface area contributed by atoms with E-state index in [2.05, 4.69) is 20.9 Å². The first-order valence-corrected chi connectivity index (χ1v) is 5.17. The quantitative estimate of drug-likeness (QED) is 0.792. The third-order valence-corrected chi connectivity index (χ3v) is 2.45. The predicted molar refractivity (Wildman–Crippen MR) is 53.4 cm³/mol. The zero-order valence-corrected chi connectivity index (χ0v) is 9.57. The molecule has 0 fully saturated rings. The number of hydrogen-bond donors (Lipinski definition) is 0. The van der Waals surface area contributed by atoms with Crippen molar-refractivity contribution >= 4 is 27.5 Å². The van der Waals surface area contributed by atoms with Crippen LogP contribution in [0.25, 0.3) is 0 Å². The Morgan fingerprint density at radius 3 is 2.71 bits per heavy atom. The van der Waals surface area contributed by atoms with Crippen molar-refractivity contribution in [3.05, 3.63) is 22.3 Å². The molecule has 0 aliphatic heterocycles. The average molecular weight is 287 g/mol. The maximum atomic E-state index is 12.4. The highest BCUT2D eigenvalue weighted by molar-refractivity contribution is 9.08. The molecule has 0 aromatic carbocycles. The minimum absolute atomic E-state index is 0.0844. The molecule has 1 rings (SSSR count). The van der Waals surface area contributed by atoms with Crippen molar-refractivity contribution in [3.8, 4) is 5.88 Å². The SMILES string of the molecule is COc1nc(CBr)c(Cl)cc1C(F)F. The van der Waals surface area contributed by atoms with Crippen LogP contribution < -0.4 is 4.74 Å². The van der Waals surface area contributed by atoms with E-state index >= 15 is 0 Å². The van der Waals surface area contributed by atoms with Gasteiger partial charge < -0.3 is 4.74 Å². The molecular weight excluding hydrogens is 279 g/mol. The second-order valence-corrected chi connectivity index (χ2v) is 3.42. The highest BCUT2D eigenvalue weighted by atomic mass is 79.9. The Hall–Kier alpha value is -0.420. The maximum Gasteiger partial charge on any atom is 0.269 e. The topological polar surface area (TPSA) is 22.1 Å². The Labute approximate surface area is 93.4 Å². The van der Waals surface area contributed by atoms with Gasteiger partial charge in [0.15, 0.2) is 0 Å². The molecule has 0 saturated heterocycles. The lowest BCUT2D eigenvalue weighted by Crippen LogP contribution is -1.99. The van der Waals surface area contributed by atoms with Crippen LogP contribution in [-0.2, 0) is 5.33 Å². The van der Waals surface area contributed by atoms with Crippen LogP contribution in [0.4, 0.5) is 8.78 Å². The Bertz CT molecular complexity index is 335. The molecule has 6 heteroatoms. The van der Waals surface area contributed by atoms with E-state index in [1.54, 1.807) is 0 Å². The van der Waals surface area contributed by atoms with Crippen LogP contribution >= 0.6 is 27.5 Å². The van der Waals surface area contributed by atoms with Gasteiger partial charge in [0, 0.05) is 5.33 Å². The molecule has 1 aromatic heterocycles. The third-order valence-electron chi connectivity index (χ3n) is 1.60. The Morgan fingerprint density at radius 1 is 1.64 bits per heavy atom. The molecule has 0 aliphatic carbocycles. The molecule has 0 N–H and O–H groups in total. The number of methoxy groups -OCH3 is 1.